The summed E-state index contributed by atoms with van der Waals surface area (Å²) in [7, 11) is 0. The number of carbonyl (C=O) groups is 1. The van der Waals surface area contributed by atoms with E-state index < -0.39 is 11.9 Å². The van der Waals surface area contributed by atoms with E-state index in [9.17, 15) is 4.79 Å². The van der Waals surface area contributed by atoms with Crippen molar-refractivity contribution in [3.63, 3.8) is 0 Å². The van der Waals surface area contributed by atoms with Crippen LogP contribution in [-0.2, 0) is 4.79 Å². The van der Waals surface area contributed by atoms with Gasteiger partial charge in [-0.3, -0.25) is 4.79 Å². The van der Waals surface area contributed by atoms with Crippen LogP contribution in [0.3, 0.4) is 0 Å². The highest BCUT2D eigenvalue weighted by Crippen LogP contribution is 2.37. The van der Waals surface area contributed by atoms with E-state index in [4.69, 9.17) is 5.11 Å². The van der Waals surface area contributed by atoms with E-state index in [-0.39, 0.29) is 0 Å². The minimum Gasteiger partial charge on any atom is -0.481 e. The van der Waals surface area contributed by atoms with Crippen molar-refractivity contribution in [1.82, 2.24) is 15.0 Å². The molecule has 88 valence electrons. The first kappa shape index (κ1) is 10.3. The number of aromatic nitrogens is 3. The number of benzene rings is 1. The molecule has 3 rings (SSSR count). The third-order valence-corrected chi connectivity index (χ3v) is 3.25. The summed E-state index contributed by atoms with van der Waals surface area (Å²) in [5.74, 6) is -1.35. The normalized spacial score (nSPS) is 17.2. The number of carboxylic acids is 1. The number of aliphatic carboxylic acids is 1. The van der Waals surface area contributed by atoms with Crippen LogP contribution in [0.15, 0.2) is 18.2 Å². The number of hydrogen-bond donors (Lipinski definition) is 1. The molecule has 1 saturated carbocycles. The zero-order chi connectivity index (χ0) is 12.0. The van der Waals surface area contributed by atoms with E-state index in [1.807, 2.05) is 22.9 Å². The van der Waals surface area contributed by atoms with Gasteiger partial charge in [-0.2, -0.15) is 0 Å². The zero-order valence-corrected chi connectivity index (χ0v) is 9.50. The van der Waals surface area contributed by atoms with Gasteiger partial charge in [0.1, 0.15) is 5.52 Å². The van der Waals surface area contributed by atoms with Crippen LogP contribution in [0.2, 0.25) is 0 Å². The van der Waals surface area contributed by atoms with E-state index in [0.717, 1.165) is 29.4 Å². The lowest BCUT2D eigenvalue weighted by Crippen LogP contribution is -2.09. The van der Waals surface area contributed by atoms with Crippen molar-refractivity contribution in [1.29, 1.82) is 0 Å². The average Bonchev–Trinajstić information content (AvgIpc) is 3.07. The van der Waals surface area contributed by atoms with Gasteiger partial charge in [-0.1, -0.05) is 17.3 Å². The lowest BCUT2D eigenvalue weighted by atomic mass is 10.00. The standard InChI is InChI=1S/C12H13N3O2/c1-7(12(16)17)9-3-2-4-10-11(9)15(14-13-10)8-5-6-8/h2-4,7-8H,5-6H2,1H3,(H,16,17). The summed E-state index contributed by atoms with van der Waals surface area (Å²) in [6, 6.07) is 5.97. The maximum atomic E-state index is 11.1. The van der Waals surface area contributed by atoms with Crippen molar-refractivity contribution >= 4 is 17.0 Å². The predicted molar refractivity (Wildman–Crippen MR) is 61.8 cm³/mol. The van der Waals surface area contributed by atoms with Crippen LogP contribution in [0.4, 0.5) is 0 Å². The molecule has 0 aliphatic heterocycles. The van der Waals surface area contributed by atoms with E-state index in [0.29, 0.717) is 6.04 Å². The molecular formula is C12H13N3O2. The Labute approximate surface area is 98.0 Å². The number of fused-ring (bicyclic) bond motifs is 1. The van der Waals surface area contributed by atoms with Crippen LogP contribution >= 0.6 is 0 Å². The maximum absolute atomic E-state index is 11.1. The Morgan fingerprint density at radius 3 is 2.94 bits per heavy atom. The Morgan fingerprint density at radius 2 is 2.29 bits per heavy atom. The third-order valence-electron chi connectivity index (χ3n) is 3.25. The fourth-order valence-corrected chi connectivity index (χ4v) is 2.08. The van der Waals surface area contributed by atoms with Crippen LogP contribution in [0.25, 0.3) is 11.0 Å². The fourth-order valence-electron chi connectivity index (χ4n) is 2.08. The molecule has 1 unspecified atom stereocenters. The van der Waals surface area contributed by atoms with Crippen molar-refractivity contribution in [2.24, 2.45) is 0 Å². The molecule has 1 aromatic heterocycles. The summed E-state index contributed by atoms with van der Waals surface area (Å²) in [4.78, 5) is 11.1. The first-order valence-electron chi connectivity index (χ1n) is 5.75. The molecule has 2 aromatic rings. The van der Waals surface area contributed by atoms with Crippen LogP contribution in [-0.4, -0.2) is 26.1 Å². The number of para-hydroxylation sites is 1. The van der Waals surface area contributed by atoms with Crippen LogP contribution in [0.1, 0.15) is 37.3 Å². The van der Waals surface area contributed by atoms with E-state index >= 15 is 0 Å². The Kier molecular flexibility index (Phi) is 2.14. The van der Waals surface area contributed by atoms with Gasteiger partial charge >= 0.3 is 5.97 Å². The molecule has 5 nitrogen and oxygen atoms in total. The Morgan fingerprint density at radius 1 is 1.53 bits per heavy atom. The second kappa shape index (κ2) is 3.55. The van der Waals surface area contributed by atoms with Gasteiger partial charge in [-0.05, 0) is 31.4 Å². The van der Waals surface area contributed by atoms with Crippen molar-refractivity contribution in [3.8, 4) is 0 Å². The second-order valence-corrected chi connectivity index (χ2v) is 4.54. The van der Waals surface area contributed by atoms with Crippen molar-refractivity contribution < 1.29 is 9.90 Å². The van der Waals surface area contributed by atoms with Gasteiger partial charge in [0, 0.05) is 0 Å². The quantitative estimate of drug-likeness (QED) is 0.876. The highest BCUT2D eigenvalue weighted by atomic mass is 16.4. The van der Waals surface area contributed by atoms with E-state index in [1.54, 1.807) is 6.92 Å². The molecule has 1 atom stereocenters. The molecule has 1 aromatic carbocycles. The molecule has 0 amide bonds. The zero-order valence-electron chi connectivity index (χ0n) is 9.50. The van der Waals surface area contributed by atoms with Gasteiger partial charge < -0.3 is 5.11 Å². The van der Waals surface area contributed by atoms with Gasteiger partial charge in [-0.25, -0.2) is 4.68 Å². The van der Waals surface area contributed by atoms with Crippen molar-refractivity contribution in [2.45, 2.75) is 31.7 Å². The molecule has 1 aliphatic rings. The summed E-state index contributed by atoms with van der Waals surface area (Å²) >= 11 is 0. The van der Waals surface area contributed by atoms with Gasteiger partial charge in [0.05, 0.1) is 17.5 Å². The third kappa shape index (κ3) is 1.58. The Hall–Kier alpha value is -1.91. The smallest absolute Gasteiger partial charge is 0.310 e. The van der Waals surface area contributed by atoms with Gasteiger partial charge in [0.15, 0.2) is 0 Å². The molecule has 1 aliphatic carbocycles. The van der Waals surface area contributed by atoms with Gasteiger partial charge in [0.2, 0.25) is 0 Å². The molecule has 0 bridgehead atoms. The van der Waals surface area contributed by atoms with Crippen LogP contribution in [0, 0.1) is 0 Å². The average molecular weight is 231 g/mol. The molecule has 1 heterocycles. The number of nitrogens with zero attached hydrogens (tertiary/aromatic N) is 3. The second-order valence-electron chi connectivity index (χ2n) is 4.54. The van der Waals surface area contributed by atoms with Crippen LogP contribution < -0.4 is 0 Å². The molecule has 0 saturated heterocycles. The van der Waals surface area contributed by atoms with Gasteiger partial charge in [0.25, 0.3) is 0 Å². The Balaban J connectivity index is 2.22. The number of rotatable bonds is 3. The largest absolute Gasteiger partial charge is 0.481 e. The fraction of sp³-hybridized carbons (Fsp3) is 0.417. The predicted octanol–water partition coefficient (Wildman–Crippen LogP) is 1.95. The first-order chi connectivity index (χ1) is 8.18. The molecule has 17 heavy (non-hydrogen) atoms. The van der Waals surface area contributed by atoms with E-state index in [1.165, 1.54) is 0 Å². The first-order valence-corrected chi connectivity index (χ1v) is 5.75. The highest BCUT2D eigenvalue weighted by molar-refractivity contribution is 5.86. The maximum Gasteiger partial charge on any atom is 0.310 e. The van der Waals surface area contributed by atoms with Crippen molar-refractivity contribution in [3.05, 3.63) is 23.8 Å². The lowest BCUT2D eigenvalue weighted by Gasteiger charge is -2.09. The summed E-state index contributed by atoms with van der Waals surface area (Å²) in [5, 5.41) is 17.4. The SMILES string of the molecule is CC(C(=O)O)c1cccc2nnn(C3CC3)c12. The van der Waals surface area contributed by atoms with Gasteiger partial charge in [-0.15, -0.1) is 5.10 Å². The monoisotopic (exact) mass is 231 g/mol. The minimum atomic E-state index is -0.818. The summed E-state index contributed by atoms with van der Waals surface area (Å²) in [6.45, 7) is 1.70. The molecule has 5 heteroatoms. The molecule has 0 spiro atoms. The Bertz CT molecular complexity index is 586. The number of carboxylic acid groups (broad SMARTS) is 1. The molecule has 1 N–H and O–H groups in total. The summed E-state index contributed by atoms with van der Waals surface area (Å²) in [5.41, 5.74) is 2.46. The number of hydrogen-bond acceptors (Lipinski definition) is 3. The molecule has 1 fully saturated rings. The van der Waals surface area contributed by atoms with E-state index in [2.05, 4.69) is 10.3 Å². The molecule has 0 radical (unpaired) electrons. The molecular weight excluding hydrogens is 218 g/mol. The minimum absolute atomic E-state index is 0.405. The van der Waals surface area contributed by atoms with Crippen molar-refractivity contribution in [2.75, 3.05) is 0 Å². The topological polar surface area (TPSA) is 68.0 Å². The summed E-state index contributed by atoms with van der Waals surface area (Å²) in [6.07, 6.45) is 2.21. The lowest BCUT2D eigenvalue weighted by molar-refractivity contribution is -0.138. The highest BCUT2D eigenvalue weighted by Gasteiger charge is 2.29. The summed E-state index contributed by atoms with van der Waals surface area (Å²) < 4.78 is 1.88. The van der Waals surface area contributed by atoms with Crippen LogP contribution in [0.5, 0.6) is 0 Å².